The number of nitro groups is 1. The molecular weight excluding hydrogens is 454 g/mol. The van der Waals surface area contributed by atoms with Crippen LogP contribution in [0.2, 0.25) is 0 Å². The zero-order valence-electron chi connectivity index (χ0n) is 19.1. The molecule has 0 bridgehead atoms. The van der Waals surface area contributed by atoms with Gasteiger partial charge in [0.1, 0.15) is 5.92 Å². The molecule has 3 rings (SSSR count). The lowest BCUT2D eigenvalue weighted by atomic mass is 9.73. The van der Waals surface area contributed by atoms with Gasteiger partial charge in [-0.3, -0.25) is 24.7 Å². The van der Waals surface area contributed by atoms with Crippen LogP contribution in [-0.2, 0) is 9.53 Å². The van der Waals surface area contributed by atoms with Crippen molar-refractivity contribution in [2.24, 2.45) is 16.6 Å². The third-order valence-electron chi connectivity index (χ3n) is 5.48. The number of rotatable bonds is 10. The number of non-ortho nitro benzene ring substituents is 1. The van der Waals surface area contributed by atoms with Gasteiger partial charge in [-0.15, -0.1) is 0 Å². The summed E-state index contributed by atoms with van der Waals surface area (Å²) in [5.41, 5.74) is 7.83. The Bertz CT molecular complexity index is 1130. The normalized spacial score (nSPS) is 17.8. The van der Waals surface area contributed by atoms with E-state index in [1.54, 1.807) is 50.2 Å². The summed E-state index contributed by atoms with van der Waals surface area (Å²) in [7, 11) is 0. The van der Waals surface area contributed by atoms with Crippen LogP contribution in [0.15, 0.2) is 70.9 Å². The molecule has 2 atom stereocenters. The Hall–Kier alpha value is -3.30. The number of nitrogens with two attached hydrogens (primary N) is 1. The fraction of sp³-hybridized carbons (Fsp3) is 0.320. The number of hydrogen-bond donors (Lipinski definition) is 1. The highest BCUT2D eigenvalue weighted by molar-refractivity contribution is 8.00. The molecule has 8 nitrogen and oxygen atoms in total. The van der Waals surface area contributed by atoms with E-state index in [-0.39, 0.29) is 18.1 Å². The Kier molecular flexibility index (Phi) is 8.72. The molecule has 2 unspecified atom stereocenters. The molecule has 0 saturated heterocycles. The highest BCUT2D eigenvalue weighted by Crippen LogP contribution is 2.42. The maximum atomic E-state index is 13.7. The van der Waals surface area contributed by atoms with Crippen molar-refractivity contribution in [1.82, 2.24) is 0 Å². The van der Waals surface area contributed by atoms with Crippen LogP contribution in [0.1, 0.15) is 35.7 Å². The third kappa shape index (κ3) is 5.60. The molecule has 0 fully saturated rings. The summed E-state index contributed by atoms with van der Waals surface area (Å²) in [5.74, 6) is -1.36. The lowest BCUT2D eigenvalue weighted by Crippen LogP contribution is -2.38. The maximum Gasteiger partial charge on any atom is 0.315 e. The van der Waals surface area contributed by atoms with Crippen LogP contribution in [0.4, 0.5) is 5.69 Å². The largest absolute Gasteiger partial charge is 0.465 e. The third-order valence-corrected chi connectivity index (χ3v) is 6.50. The van der Waals surface area contributed by atoms with Crippen molar-refractivity contribution in [3.63, 3.8) is 0 Å². The van der Waals surface area contributed by atoms with Crippen molar-refractivity contribution < 1.29 is 19.2 Å². The molecule has 2 aromatic carbocycles. The van der Waals surface area contributed by atoms with E-state index in [0.717, 1.165) is 0 Å². The van der Waals surface area contributed by atoms with E-state index in [2.05, 4.69) is 4.99 Å². The standard InChI is InChI=1S/C25H27N3O5S/c1-3-33-25(30)23-20(15-34-13-12-26)27-16(2)21(24(29)17-8-5-4-6-9-17)22(23)18-10-7-11-19(14-18)28(31)32/h4-11,14,22-23H,3,12-13,15,26H2,1-2H3. The lowest BCUT2D eigenvalue weighted by molar-refractivity contribution is -0.384. The molecule has 9 heteroatoms. The maximum absolute atomic E-state index is 13.7. The number of Topliss-reactive ketones (excluding diaryl/α,β-unsaturated/α-hetero) is 1. The molecule has 2 aromatic rings. The molecule has 1 aliphatic rings. The first-order valence-corrected chi connectivity index (χ1v) is 12.1. The van der Waals surface area contributed by atoms with Gasteiger partial charge >= 0.3 is 5.97 Å². The van der Waals surface area contributed by atoms with Crippen molar-refractivity contribution in [3.8, 4) is 0 Å². The highest BCUT2D eigenvalue weighted by atomic mass is 32.2. The molecule has 0 aliphatic carbocycles. The van der Waals surface area contributed by atoms with E-state index in [0.29, 0.717) is 46.2 Å². The summed E-state index contributed by atoms with van der Waals surface area (Å²) in [6, 6.07) is 14.8. The summed E-state index contributed by atoms with van der Waals surface area (Å²) >= 11 is 1.53. The summed E-state index contributed by atoms with van der Waals surface area (Å²) in [6.07, 6.45) is 0. The van der Waals surface area contributed by atoms with Gasteiger partial charge in [-0.05, 0) is 19.4 Å². The van der Waals surface area contributed by atoms with Gasteiger partial charge in [0.15, 0.2) is 5.78 Å². The van der Waals surface area contributed by atoms with E-state index in [9.17, 15) is 19.7 Å². The van der Waals surface area contributed by atoms with Crippen molar-refractivity contribution in [3.05, 3.63) is 87.1 Å². The number of thioether (sulfide) groups is 1. The number of nitrogens with zero attached hydrogens (tertiary/aromatic N) is 2. The Morgan fingerprint density at radius 1 is 1.18 bits per heavy atom. The number of ketones is 1. The van der Waals surface area contributed by atoms with Crippen LogP contribution < -0.4 is 5.73 Å². The fourth-order valence-electron chi connectivity index (χ4n) is 4.06. The van der Waals surface area contributed by atoms with Gasteiger partial charge in [-0.1, -0.05) is 42.5 Å². The zero-order valence-corrected chi connectivity index (χ0v) is 19.9. The number of carbonyl (C=O) groups excluding carboxylic acids is 2. The number of carbonyl (C=O) groups is 2. The van der Waals surface area contributed by atoms with Crippen LogP contribution in [0.5, 0.6) is 0 Å². The van der Waals surface area contributed by atoms with Gasteiger partial charge in [0.25, 0.3) is 5.69 Å². The molecule has 0 amide bonds. The summed E-state index contributed by atoms with van der Waals surface area (Å²) in [6.45, 7) is 4.07. The van der Waals surface area contributed by atoms with Crippen LogP contribution in [0.25, 0.3) is 0 Å². The number of hydrogen-bond acceptors (Lipinski definition) is 8. The topological polar surface area (TPSA) is 125 Å². The first kappa shape index (κ1) is 25.3. The second kappa shape index (κ2) is 11.7. The Morgan fingerprint density at radius 2 is 1.91 bits per heavy atom. The minimum Gasteiger partial charge on any atom is -0.465 e. The fourth-order valence-corrected chi connectivity index (χ4v) is 4.82. The first-order valence-electron chi connectivity index (χ1n) is 11.0. The number of benzene rings is 2. The number of allylic oxidation sites excluding steroid dienone is 2. The molecule has 0 aromatic heterocycles. The van der Waals surface area contributed by atoms with Gasteiger partial charge in [-0.2, -0.15) is 11.8 Å². The molecule has 0 radical (unpaired) electrons. The number of ether oxygens (including phenoxy) is 1. The number of nitro benzene ring substituents is 1. The van der Waals surface area contributed by atoms with Crippen molar-refractivity contribution in [1.29, 1.82) is 0 Å². The SMILES string of the molecule is CCOC(=O)C1C(CSCCN)=NC(C)=C(C(=O)c2ccccc2)C1c1cccc([N+](=O)[O-])c1. The Labute approximate surface area is 202 Å². The van der Waals surface area contributed by atoms with Gasteiger partial charge < -0.3 is 10.5 Å². The van der Waals surface area contributed by atoms with Crippen molar-refractivity contribution in [2.45, 2.75) is 19.8 Å². The van der Waals surface area contributed by atoms with Gasteiger partial charge in [0.2, 0.25) is 0 Å². The average Bonchev–Trinajstić information content (AvgIpc) is 2.84. The van der Waals surface area contributed by atoms with E-state index in [1.807, 2.05) is 6.07 Å². The highest BCUT2D eigenvalue weighted by Gasteiger charge is 2.43. The zero-order chi connectivity index (χ0) is 24.7. The molecule has 34 heavy (non-hydrogen) atoms. The van der Waals surface area contributed by atoms with Crippen LogP contribution in [0, 0.1) is 16.0 Å². The van der Waals surface area contributed by atoms with Gasteiger partial charge in [-0.25, -0.2) is 0 Å². The summed E-state index contributed by atoms with van der Waals surface area (Å²) in [4.78, 5) is 42.6. The Morgan fingerprint density at radius 3 is 2.56 bits per heavy atom. The molecular formula is C25H27N3O5S. The molecule has 1 aliphatic heterocycles. The molecule has 2 N–H and O–H groups in total. The second-order valence-electron chi connectivity index (χ2n) is 7.70. The predicted octanol–water partition coefficient (Wildman–Crippen LogP) is 4.16. The van der Waals surface area contributed by atoms with E-state index in [1.165, 1.54) is 23.9 Å². The van der Waals surface area contributed by atoms with Crippen LogP contribution in [-0.4, -0.2) is 47.0 Å². The predicted molar refractivity (Wildman–Crippen MR) is 133 cm³/mol. The Balaban J connectivity index is 2.22. The molecule has 178 valence electrons. The number of aliphatic imine (C=N–C) groups is 1. The molecule has 0 spiro atoms. The van der Waals surface area contributed by atoms with Gasteiger partial charge in [0, 0.05) is 58.6 Å². The van der Waals surface area contributed by atoms with Crippen molar-refractivity contribution >= 4 is 34.9 Å². The van der Waals surface area contributed by atoms with Crippen LogP contribution >= 0.6 is 11.8 Å². The van der Waals surface area contributed by atoms with E-state index in [4.69, 9.17) is 10.5 Å². The summed E-state index contributed by atoms with van der Waals surface area (Å²) in [5, 5.41) is 11.5. The monoisotopic (exact) mass is 481 g/mol. The minimum atomic E-state index is -0.890. The average molecular weight is 482 g/mol. The number of esters is 1. The first-order chi connectivity index (χ1) is 16.4. The second-order valence-corrected chi connectivity index (χ2v) is 8.80. The van der Waals surface area contributed by atoms with Crippen LogP contribution in [0.3, 0.4) is 0 Å². The minimum absolute atomic E-state index is 0.120. The molecule has 1 heterocycles. The smallest absolute Gasteiger partial charge is 0.315 e. The van der Waals surface area contributed by atoms with Crippen molar-refractivity contribution in [2.75, 3.05) is 24.7 Å². The van der Waals surface area contributed by atoms with E-state index < -0.39 is 22.7 Å². The van der Waals surface area contributed by atoms with Gasteiger partial charge in [0.05, 0.1) is 11.5 Å². The lowest BCUT2D eigenvalue weighted by Gasteiger charge is -2.33. The quantitative estimate of drug-likeness (QED) is 0.178. The summed E-state index contributed by atoms with van der Waals surface area (Å²) < 4.78 is 5.39. The molecule has 0 saturated carbocycles. The van der Waals surface area contributed by atoms with E-state index >= 15 is 0 Å².